The summed E-state index contributed by atoms with van der Waals surface area (Å²) >= 11 is 1.73. The fourth-order valence-corrected chi connectivity index (χ4v) is 3.53. The smallest absolute Gasteiger partial charge is 0.0695 e. The molecule has 1 fully saturated rings. The van der Waals surface area contributed by atoms with Crippen LogP contribution in [0.1, 0.15) is 36.1 Å². The van der Waals surface area contributed by atoms with Crippen LogP contribution in [0.15, 0.2) is 11.4 Å². The summed E-state index contributed by atoms with van der Waals surface area (Å²) in [5.74, 6) is 5.93. The third-order valence-corrected chi connectivity index (χ3v) is 4.58. The minimum absolute atomic E-state index is 0.171. The molecular formula is C15H22N2OS. The molecule has 0 amide bonds. The number of nitrogens with zero attached hydrogens (tertiary/aromatic N) is 1. The van der Waals surface area contributed by atoms with E-state index in [0.717, 1.165) is 31.4 Å². The summed E-state index contributed by atoms with van der Waals surface area (Å²) in [4.78, 5) is 3.57. The van der Waals surface area contributed by atoms with Gasteiger partial charge >= 0.3 is 0 Å². The summed E-state index contributed by atoms with van der Waals surface area (Å²) in [6.45, 7) is 1.29. The summed E-state index contributed by atoms with van der Waals surface area (Å²) < 4.78 is 0. The molecule has 3 N–H and O–H groups in total. The number of likely N-dealkylation sites (N-methyl/N-ethyl adjacent to an activating group) is 1. The van der Waals surface area contributed by atoms with Crippen LogP contribution in [-0.2, 0) is 6.54 Å². The van der Waals surface area contributed by atoms with Crippen molar-refractivity contribution in [2.24, 2.45) is 5.73 Å². The summed E-state index contributed by atoms with van der Waals surface area (Å²) in [7, 11) is 2.10. The van der Waals surface area contributed by atoms with Crippen molar-refractivity contribution in [3.8, 4) is 11.8 Å². The van der Waals surface area contributed by atoms with Gasteiger partial charge in [0.2, 0.25) is 0 Å². The maximum Gasteiger partial charge on any atom is 0.0695 e. The Kier molecular flexibility index (Phi) is 5.41. The Labute approximate surface area is 119 Å². The van der Waals surface area contributed by atoms with Crippen molar-refractivity contribution in [1.82, 2.24) is 4.90 Å². The molecule has 3 nitrogen and oxygen atoms in total. The minimum atomic E-state index is -0.171. The van der Waals surface area contributed by atoms with Crippen LogP contribution in [0.5, 0.6) is 0 Å². The molecule has 104 valence electrons. The fourth-order valence-electron chi connectivity index (χ4n) is 2.65. The number of rotatable bonds is 3. The van der Waals surface area contributed by atoms with E-state index in [2.05, 4.69) is 35.2 Å². The first-order valence-corrected chi connectivity index (χ1v) is 7.73. The lowest BCUT2D eigenvalue weighted by atomic mass is 9.91. The highest BCUT2D eigenvalue weighted by molar-refractivity contribution is 7.10. The number of aliphatic hydroxyl groups is 1. The van der Waals surface area contributed by atoms with Gasteiger partial charge in [0, 0.05) is 28.4 Å². The van der Waals surface area contributed by atoms with Crippen molar-refractivity contribution in [3.05, 3.63) is 21.9 Å². The molecule has 2 rings (SSSR count). The Balaban J connectivity index is 1.94. The lowest BCUT2D eigenvalue weighted by Crippen LogP contribution is -2.42. The molecule has 1 aliphatic carbocycles. The van der Waals surface area contributed by atoms with E-state index in [-0.39, 0.29) is 6.10 Å². The van der Waals surface area contributed by atoms with E-state index in [0.29, 0.717) is 12.6 Å². The van der Waals surface area contributed by atoms with Gasteiger partial charge in [0.1, 0.15) is 0 Å². The first-order valence-electron chi connectivity index (χ1n) is 6.85. The van der Waals surface area contributed by atoms with Crippen LogP contribution in [0.4, 0.5) is 0 Å². The molecule has 0 bridgehead atoms. The van der Waals surface area contributed by atoms with E-state index in [1.54, 1.807) is 11.3 Å². The second-order valence-corrected chi connectivity index (χ2v) is 6.14. The van der Waals surface area contributed by atoms with Gasteiger partial charge in [-0.1, -0.05) is 24.7 Å². The lowest BCUT2D eigenvalue weighted by molar-refractivity contribution is 0.0292. The van der Waals surface area contributed by atoms with Gasteiger partial charge in [0.15, 0.2) is 0 Å². The van der Waals surface area contributed by atoms with E-state index in [1.165, 1.54) is 11.3 Å². The average molecular weight is 278 g/mol. The zero-order valence-electron chi connectivity index (χ0n) is 11.4. The molecule has 0 aliphatic heterocycles. The van der Waals surface area contributed by atoms with Crippen LogP contribution in [0, 0.1) is 11.8 Å². The molecule has 2 unspecified atom stereocenters. The molecular weight excluding hydrogens is 256 g/mol. The van der Waals surface area contributed by atoms with Crippen molar-refractivity contribution in [2.75, 3.05) is 13.6 Å². The van der Waals surface area contributed by atoms with Crippen molar-refractivity contribution in [1.29, 1.82) is 0 Å². The van der Waals surface area contributed by atoms with Gasteiger partial charge < -0.3 is 10.8 Å². The highest BCUT2D eigenvalue weighted by Gasteiger charge is 2.26. The fraction of sp³-hybridized carbons (Fsp3) is 0.600. The van der Waals surface area contributed by atoms with Crippen LogP contribution < -0.4 is 5.73 Å². The molecule has 0 saturated heterocycles. The number of nitrogens with two attached hydrogens (primary N) is 1. The normalized spacial score (nSPS) is 23.2. The molecule has 19 heavy (non-hydrogen) atoms. The highest BCUT2D eigenvalue weighted by Crippen LogP contribution is 2.25. The first-order chi connectivity index (χ1) is 9.20. The Morgan fingerprint density at radius 2 is 2.26 bits per heavy atom. The Hall–Kier alpha value is -0.860. The molecule has 1 aromatic rings. The molecule has 0 radical (unpaired) electrons. The van der Waals surface area contributed by atoms with Crippen LogP contribution in [0.2, 0.25) is 0 Å². The molecule has 1 saturated carbocycles. The zero-order valence-corrected chi connectivity index (χ0v) is 12.2. The molecule has 1 heterocycles. The van der Waals surface area contributed by atoms with Gasteiger partial charge in [-0.3, -0.25) is 4.90 Å². The second kappa shape index (κ2) is 7.06. The van der Waals surface area contributed by atoms with E-state index < -0.39 is 0 Å². The monoisotopic (exact) mass is 278 g/mol. The summed E-state index contributed by atoms with van der Waals surface area (Å²) in [6, 6.07) is 2.42. The van der Waals surface area contributed by atoms with Gasteiger partial charge in [-0.05, 0) is 26.0 Å². The van der Waals surface area contributed by atoms with E-state index >= 15 is 0 Å². The quantitative estimate of drug-likeness (QED) is 0.829. The Morgan fingerprint density at radius 3 is 3.00 bits per heavy atom. The molecule has 4 heteroatoms. The first kappa shape index (κ1) is 14.5. The number of hydrogen-bond donors (Lipinski definition) is 2. The SMILES string of the molecule is CN(Cc1cc(C#CCN)cs1)C1CCCCC1O. The molecule has 0 spiro atoms. The van der Waals surface area contributed by atoms with Crippen molar-refractivity contribution in [2.45, 2.75) is 44.4 Å². The molecule has 1 aromatic heterocycles. The second-order valence-electron chi connectivity index (χ2n) is 5.14. The standard InChI is InChI=1S/C15H22N2OS/c1-17(14-6-2-3-7-15(14)18)10-13-9-12(11-19-13)5-4-8-16/h9,11,14-15,18H,2-3,6-8,10,16H2,1H3. The minimum Gasteiger partial charge on any atom is -0.391 e. The Morgan fingerprint density at radius 1 is 1.47 bits per heavy atom. The third-order valence-electron chi connectivity index (χ3n) is 3.65. The number of hydrogen-bond acceptors (Lipinski definition) is 4. The van der Waals surface area contributed by atoms with Crippen molar-refractivity contribution < 1.29 is 5.11 Å². The van der Waals surface area contributed by atoms with E-state index in [9.17, 15) is 5.11 Å². The van der Waals surface area contributed by atoms with Crippen LogP contribution >= 0.6 is 11.3 Å². The van der Waals surface area contributed by atoms with Crippen LogP contribution in [-0.4, -0.2) is 35.7 Å². The van der Waals surface area contributed by atoms with Crippen LogP contribution in [0.25, 0.3) is 0 Å². The van der Waals surface area contributed by atoms with E-state index in [4.69, 9.17) is 5.73 Å². The zero-order chi connectivity index (χ0) is 13.7. The van der Waals surface area contributed by atoms with Gasteiger partial charge in [-0.15, -0.1) is 11.3 Å². The third kappa shape index (κ3) is 4.05. The largest absolute Gasteiger partial charge is 0.391 e. The Bertz CT molecular complexity index is 460. The molecule has 2 atom stereocenters. The number of aliphatic hydroxyl groups excluding tert-OH is 1. The molecule has 0 aromatic carbocycles. The highest BCUT2D eigenvalue weighted by atomic mass is 32.1. The van der Waals surface area contributed by atoms with E-state index in [1.807, 2.05) is 0 Å². The van der Waals surface area contributed by atoms with Gasteiger partial charge in [0.25, 0.3) is 0 Å². The summed E-state index contributed by atoms with van der Waals surface area (Å²) in [6.07, 6.45) is 4.25. The van der Waals surface area contributed by atoms with Gasteiger partial charge in [-0.2, -0.15) is 0 Å². The predicted molar refractivity (Wildman–Crippen MR) is 80.0 cm³/mol. The topological polar surface area (TPSA) is 49.5 Å². The van der Waals surface area contributed by atoms with Gasteiger partial charge in [0.05, 0.1) is 12.6 Å². The van der Waals surface area contributed by atoms with Crippen LogP contribution in [0.3, 0.4) is 0 Å². The summed E-state index contributed by atoms with van der Waals surface area (Å²) in [5, 5.41) is 12.1. The molecule has 1 aliphatic rings. The lowest BCUT2D eigenvalue weighted by Gasteiger charge is -2.34. The maximum atomic E-state index is 10.1. The van der Waals surface area contributed by atoms with Gasteiger partial charge in [-0.25, -0.2) is 0 Å². The number of thiophene rings is 1. The van der Waals surface area contributed by atoms with Crippen molar-refractivity contribution >= 4 is 11.3 Å². The maximum absolute atomic E-state index is 10.1. The van der Waals surface area contributed by atoms with Crippen molar-refractivity contribution in [3.63, 3.8) is 0 Å². The summed E-state index contributed by atoms with van der Waals surface area (Å²) in [5.41, 5.74) is 6.41. The predicted octanol–water partition coefficient (Wildman–Crippen LogP) is 1.79. The average Bonchev–Trinajstić information content (AvgIpc) is 2.84.